The molecule has 0 atom stereocenters. The monoisotopic (exact) mass is 447 g/mol. The van der Waals surface area contributed by atoms with Gasteiger partial charge in [0.2, 0.25) is 5.13 Å². The van der Waals surface area contributed by atoms with Crippen LogP contribution in [0.3, 0.4) is 0 Å². The standard InChI is InChI=1S/C21H22ClN3O2S2/c1-21(2,3)15-8-10-16(11-9-15)27-12-18(26)23-19-24-25-20(29-19)28-13-14-6-4-5-7-17(14)22/h4-11H,12-13H2,1-3H3,(H,23,24,26). The Morgan fingerprint density at radius 3 is 2.55 bits per heavy atom. The van der Waals surface area contributed by atoms with Crippen molar-refractivity contribution in [3.05, 3.63) is 64.7 Å². The molecule has 152 valence electrons. The lowest BCUT2D eigenvalue weighted by Gasteiger charge is -2.19. The predicted molar refractivity (Wildman–Crippen MR) is 120 cm³/mol. The van der Waals surface area contributed by atoms with Crippen molar-refractivity contribution in [2.75, 3.05) is 11.9 Å². The molecule has 0 saturated heterocycles. The number of amides is 1. The molecule has 0 spiro atoms. The van der Waals surface area contributed by atoms with E-state index in [0.717, 1.165) is 14.9 Å². The van der Waals surface area contributed by atoms with Crippen molar-refractivity contribution in [1.29, 1.82) is 0 Å². The summed E-state index contributed by atoms with van der Waals surface area (Å²) in [5, 5.41) is 12.0. The van der Waals surface area contributed by atoms with Gasteiger partial charge in [0.15, 0.2) is 10.9 Å². The fourth-order valence-corrected chi connectivity index (χ4v) is 4.48. The quantitative estimate of drug-likeness (QED) is 0.366. The fraction of sp³-hybridized carbons (Fsp3) is 0.286. The Kier molecular flexibility index (Phi) is 7.16. The Hall–Kier alpha value is -2.09. The van der Waals surface area contributed by atoms with Crippen molar-refractivity contribution >= 4 is 45.7 Å². The first kappa shape index (κ1) is 21.6. The van der Waals surface area contributed by atoms with Gasteiger partial charge in [-0.3, -0.25) is 10.1 Å². The molecular formula is C21H22ClN3O2S2. The van der Waals surface area contributed by atoms with Crippen LogP contribution < -0.4 is 10.1 Å². The molecule has 3 aromatic rings. The van der Waals surface area contributed by atoms with Crippen molar-refractivity contribution in [2.45, 2.75) is 36.3 Å². The molecule has 0 bridgehead atoms. The maximum absolute atomic E-state index is 12.1. The average Bonchev–Trinajstić information content (AvgIpc) is 3.12. The molecule has 0 aliphatic carbocycles. The lowest BCUT2D eigenvalue weighted by Crippen LogP contribution is -2.20. The van der Waals surface area contributed by atoms with Gasteiger partial charge in [0.25, 0.3) is 5.91 Å². The number of thioether (sulfide) groups is 1. The molecule has 1 amide bonds. The summed E-state index contributed by atoms with van der Waals surface area (Å²) in [6.45, 7) is 6.37. The summed E-state index contributed by atoms with van der Waals surface area (Å²) in [7, 11) is 0. The van der Waals surface area contributed by atoms with Gasteiger partial charge in [-0.05, 0) is 34.7 Å². The first-order chi connectivity index (χ1) is 13.8. The summed E-state index contributed by atoms with van der Waals surface area (Å²) in [5.41, 5.74) is 2.32. The van der Waals surface area contributed by atoms with Gasteiger partial charge in [-0.2, -0.15) is 0 Å². The van der Waals surface area contributed by atoms with E-state index in [1.54, 1.807) is 0 Å². The summed E-state index contributed by atoms with van der Waals surface area (Å²) in [6.07, 6.45) is 0. The zero-order valence-corrected chi connectivity index (χ0v) is 18.8. The molecule has 0 radical (unpaired) electrons. The first-order valence-electron chi connectivity index (χ1n) is 9.04. The van der Waals surface area contributed by atoms with E-state index in [1.165, 1.54) is 28.7 Å². The third kappa shape index (κ3) is 6.45. The third-order valence-corrected chi connectivity index (χ3v) is 6.44. The second-order valence-corrected chi connectivity index (χ2v) is 9.97. The summed E-state index contributed by atoms with van der Waals surface area (Å²) in [4.78, 5) is 12.1. The van der Waals surface area contributed by atoms with Crippen molar-refractivity contribution < 1.29 is 9.53 Å². The highest BCUT2D eigenvalue weighted by Gasteiger charge is 2.14. The van der Waals surface area contributed by atoms with Gasteiger partial charge in [0, 0.05) is 10.8 Å². The summed E-state index contributed by atoms with van der Waals surface area (Å²) in [6, 6.07) is 15.5. The van der Waals surface area contributed by atoms with Gasteiger partial charge in [-0.15, -0.1) is 10.2 Å². The van der Waals surface area contributed by atoms with E-state index in [2.05, 4.69) is 36.3 Å². The molecule has 2 aromatic carbocycles. The molecule has 1 heterocycles. The molecule has 3 rings (SSSR count). The smallest absolute Gasteiger partial charge is 0.264 e. The van der Waals surface area contributed by atoms with Crippen LogP contribution in [0.1, 0.15) is 31.9 Å². The SMILES string of the molecule is CC(C)(C)c1ccc(OCC(=O)Nc2nnc(SCc3ccccc3Cl)s2)cc1. The molecule has 29 heavy (non-hydrogen) atoms. The topological polar surface area (TPSA) is 64.1 Å². The lowest BCUT2D eigenvalue weighted by atomic mass is 9.87. The van der Waals surface area contributed by atoms with Crippen molar-refractivity contribution in [3.63, 3.8) is 0 Å². The number of aromatic nitrogens is 2. The van der Waals surface area contributed by atoms with Crippen LogP contribution in [0.5, 0.6) is 5.75 Å². The highest BCUT2D eigenvalue weighted by molar-refractivity contribution is 8.00. The number of carbonyl (C=O) groups excluding carboxylic acids is 1. The molecule has 1 aromatic heterocycles. The number of halogens is 1. The molecule has 0 aliphatic heterocycles. The fourth-order valence-electron chi connectivity index (χ4n) is 2.43. The molecular weight excluding hydrogens is 426 g/mol. The predicted octanol–water partition coefficient (Wildman–Crippen LogP) is 5.80. The van der Waals surface area contributed by atoms with Gasteiger partial charge in [-0.25, -0.2) is 0 Å². The maximum Gasteiger partial charge on any atom is 0.264 e. The van der Waals surface area contributed by atoms with Crippen LogP contribution in [0.25, 0.3) is 0 Å². The normalized spacial score (nSPS) is 11.3. The summed E-state index contributed by atoms with van der Waals surface area (Å²) >= 11 is 9.01. The third-order valence-electron chi connectivity index (χ3n) is 4.05. The first-order valence-corrected chi connectivity index (χ1v) is 11.2. The molecule has 0 aliphatic rings. The molecule has 1 N–H and O–H groups in total. The van der Waals surface area contributed by atoms with Crippen LogP contribution >= 0.6 is 34.7 Å². The Balaban J connectivity index is 1.47. The van der Waals surface area contributed by atoms with Crippen LogP contribution in [0, 0.1) is 0 Å². The van der Waals surface area contributed by atoms with Crippen LogP contribution in [0.2, 0.25) is 5.02 Å². The number of nitrogens with zero attached hydrogens (tertiary/aromatic N) is 2. The number of nitrogens with one attached hydrogen (secondary N) is 1. The van der Waals surface area contributed by atoms with E-state index < -0.39 is 0 Å². The van der Waals surface area contributed by atoms with Gasteiger partial charge < -0.3 is 4.74 Å². The lowest BCUT2D eigenvalue weighted by molar-refractivity contribution is -0.118. The Morgan fingerprint density at radius 1 is 1.14 bits per heavy atom. The zero-order valence-electron chi connectivity index (χ0n) is 16.4. The van der Waals surface area contributed by atoms with Gasteiger partial charge in [0.05, 0.1) is 0 Å². The van der Waals surface area contributed by atoms with E-state index in [1.807, 2.05) is 48.5 Å². The van der Waals surface area contributed by atoms with Gasteiger partial charge >= 0.3 is 0 Å². The Bertz CT molecular complexity index is 969. The van der Waals surface area contributed by atoms with Crippen molar-refractivity contribution in [1.82, 2.24) is 10.2 Å². The minimum Gasteiger partial charge on any atom is -0.484 e. The van der Waals surface area contributed by atoms with E-state index in [9.17, 15) is 4.79 Å². The van der Waals surface area contributed by atoms with Crippen LogP contribution in [-0.4, -0.2) is 22.7 Å². The van der Waals surface area contributed by atoms with Gasteiger partial charge in [0.1, 0.15) is 5.75 Å². The van der Waals surface area contributed by atoms with Crippen LogP contribution in [0.4, 0.5) is 5.13 Å². The largest absolute Gasteiger partial charge is 0.484 e. The van der Waals surface area contributed by atoms with E-state index >= 15 is 0 Å². The molecule has 5 nitrogen and oxygen atoms in total. The minimum atomic E-state index is -0.274. The van der Waals surface area contributed by atoms with Crippen molar-refractivity contribution in [2.24, 2.45) is 0 Å². The second kappa shape index (κ2) is 9.61. The number of anilines is 1. The Labute approximate surface area is 183 Å². The van der Waals surface area contributed by atoms with E-state index in [-0.39, 0.29) is 17.9 Å². The number of ether oxygens (including phenoxy) is 1. The molecule has 0 saturated carbocycles. The average molecular weight is 448 g/mol. The number of benzene rings is 2. The maximum atomic E-state index is 12.1. The second-order valence-electron chi connectivity index (χ2n) is 7.36. The van der Waals surface area contributed by atoms with E-state index in [0.29, 0.717) is 16.6 Å². The molecule has 0 unspecified atom stereocenters. The van der Waals surface area contributed by atoms with E-state index in [4.69, 9.17) is 16.3 Å². The minimum absolute atomic E-state index is 0.0787. The van der Waals surface area contributed by atoms with Crippen LogP contribution in [-0.2, 0) is 16.0 Å². The summed E-state index contributed by atoms with van der Waals surface area (Å²) < 4.78 is 6.32. The highest BCUT2D eigenvalue weighted by atomic mass is 35.5. The highest BCUT2D eigenvalue weighted by Crippen LogP contribution is 2.30. The van der Waals surface area contributed by atoms with Crippen LogP contribution in [0.15, 0.2) is 52.9 Å². The molecule has 8 heteroatoms. The van der Waals surface area contributed by atoms with Gasteiger partial charge in [-0.1, -0.05) is 85.8 Å². The zero-order chi connectivity index (χ0) is 20.9. The number of hydrogen-bond acceptors (Lipinski definition) is 6. The van der Waals surface area contributed by atoms with Crippen molar-refractivity contribution in [3.8, 4) is 5.75 Å². The number of carbonyl (C=O) groups is 1. The number of rotatable bonds is 7. The summed E-state index contributed by atoms with van der Waals surface area (Å²) in [5.74, 6) is 1.07. The Morgan fingerprint density at radius 2 is 1.86 bits per heavy atom. The number of hydrogen-bond donors (Lipinski definition) is 1. The molecule has 0 fully saturated rings.